The predicted molar refractivity (Wildman–Crippen MR) is 94.8 cm³/mol. The second-order valence-electron chi connectivity index (χ2n) is 5.69. The van der Waals surface area contributed by atoms with Gasteiger partial charge in [0.25, 0.3) is 0 Å². The molecule has 4 heteroatoms. The monoisotopic (exact) mass is 326 g/mol. The Labute approximate surface area is 142 Å². The number of rotatable bonds is 6. The standard InChI is InChI=1S/C20H22O4/c1-4-11-24-20-14(3)12-13(2)19(23)17(20)9-10-18(22)15-5-7-16(21)8-6-15/h5-10,12,21,23H,4,11H2,1-3H3/b10-9+. The number of allylic oxidation sites excluding steroid dienone is 1. The SMILES string of the molecule is CCCOc1c(C)cc(C)c(O)c1/C=C/C(=O)c1ccc(O)cc1. The molecule has 0 saturated heterocycles. The van der Waals surface area contributed by atoms with E-state index in [4.69, 9.17) is 4.74 Å². The van der Waals surface area contributed by atoms with Gasteiger partial charge in [-0.25, -0.2) is 0 Å². The van der Waals surface area contributed by atoms with Crippen molar-refractivity contribution < 1.29 is 19.7 Å². The van der Waals surface area contributed by atoms with E-state index in [0.29, 0.717) is 23.5 Å². The van der Waals surface area contributed by atoms with E-state index >= 15 is 0 Å². The predicted octanol–water partition coefficient (Wildman–Crippen LogP) is 4.40. The molecule has 0 amide bonds. The molecular formula is C20H22O4. The van der Waals surface area contributed by atoms with Gasteiger partial charge in [0.05, 0.1) is 12.2 Å². The maximum absolute atomic E-state index is 12.2. The van der Waals surface area contributed by atoms with Crippen LogP contribution in [0.5, 0.6) is 17.2 Å². The van der Waals surface area contributed by atoms with E-state index in [1.165, 1.54) is 18.2 Å². The van der Waals surface area contributed by atoms with Gasteiger partial charge in [0.1, 0.15) is 17.2 Å². The molecule has 0 heterocycles. The van der Waals surface area contributed by atoms with E-state index in [0.717, 1.165) is 17.5 Å². The minimum atomic E-state index is -0.213. The number of ketones is 1. The number of hydrogen-bond acceptors (Lipinski definition) is 4. The van der Waals surface area contributed by atoms with Gasteiger partial charge in [-0.15, -0.1) is 0 Å². The van der Waals surface area contributed by atoms with Gasteiger partial charge in [-0.2, -0.15) is 0 Å². The largest absolute Gasteiger partial charge is 0.508 e. The molecule has 0 bridgehead atoms. The molecule has 0 fully saturated rings. The molecule has 2 aromatic carbocycles. The van der Waals surface area contributed by atoms with Gasteiger partial charge in [0.15, 0.2) is 5.78 Å². The highest BCUT2D eigenvalue weighted by Crippen LogP contribution is 2.35. The summed E-state index contributed by atoms with van der Waals surface area (Å²) < 4.78 is 5.75. The first-order chi connectivity index (χ1) is 11.4. The van der Waals surface area contributed by atoms with Crippen LogP contribution in [0.15, 0.2) is 36.4 Å². The zero-order valence-corrected chi connectivity index (χ0v) is 14.2. The molecule has 0 radical (unpaired) electrons. The summed E-state index contributed by atoms with van der Waals surface area (Å²) >= 11 is 0. The first-order valence-electron chi connectivity index (χ1n) is 7.91. The van der Waals surface area contributed by atoms with Gasteiger partial charge < -0.3 is 14.9 Å². The van der Waals surface area contributed by atoms with Crippen LogP contribution >= 0.6 is 0 Å². The number of benzene rings is 2. The van der Waals surface area contributed by atoms with Crippen molar-refractivity contribution in [2.24, 2.45) is 0 Å². The van der Waals surface area contributed by atoms with Crippen LogP contribution in [0.25, 0.3) is 6.08 Å². The number of aryl methyl sites for hydroxylation is 2. The lowest BCUT2D eigenvalue weighted by molar-refractivity contribution is 0.104. The molecule has 0 aliphatic heterocycles. The van der Waals surface area contributed by atoms with Crippen LogP contribution < -0.4 is 4.74 Å². The van der Waals surface area contributed by atoms with Gasteiger partial charge in [-0.05, 0) is 73.9 Å². The van der Waals surface area contributed by atoms with Crippen LogP contribution in [-0.4, -0.2) is 22.6 Å². The van der Waals surface area contributed by atoms with Gasteiger partial charge in [-0.1, -0.05) is 6.92 Å². The van der Waals surface area contributed by atoms with E-state index in [9.17, 15) is 15.0 Å². The highest BCUT2D eigenvalue weighted by Gasteiger charge is 2.13. The number of ether oxygens (including phenoxy) is 1. The van der Waals surface area contributed by atoms with Crippen LogP contribution in [0.3, 0.4) is 0 Å². The van der Waals surface area contributed by atoms with Crippen molar-refractivity contribution in [2.75, 3.05) is 6.61 Å². The van der Waals surface area contributed by atoms with Crippen molar-refractivity contribution in [1.82, 2.24) is 0 Å². The molecule has 2 aromatic rings. The van der Waals surface area contributed by atoms with Crippen LogP contribution in [0, 0.1) is 13.8 Å². The number of carbonyl (C=O) groups is 1. The molecule has 2 N–H and O–H groups in total. The van der Waals surface area contributed by atoms with E-state index < -0.39 is 0 Å². The average molecular weight is 326 g/mol. The number of aromatic hydroxyl groups is 2. The molecule has 24 heavy (non-hydrogen) atoms. The summed E-state index contributed by atoms with van der Waals surface area (Å²) in [6.07, 6.45) is 3.83. The van der Waals surface area contributed by atoms with E-state index in [1.807, 2.05) is 26.8 Å². The molecule has 0 aromatic heterocycles. The summed E-state index contributed by atoms with van der Waals surface area (Å²) in [6, 6.07) is 7.89. The third-order valence-electron chi connectivity index (χ3n) is 3.67. The minimum Gasteiger partial charge on any atom is -0.508 e. The lowest BCUT2D eigenvalue weighted by Crippen LogP contribution is -2.01. The lowest BCUT2D eigenvalue weighted by atomic mass is 10.0. The molecule has 0 atom stereocenters. The zero-order chi connectivity index (χ0) is 17.7. The summed E-state index contributed by atoms with van der Waals surface area (Å²) in [5.41, 5.74) is 2.61. The van der Waals surface area contributed by atoms with Gasteiger partial charge in [-0.3, -0.25) is 4.79 Å². The van der Waals surface area contributed by atoms with E-state index in [-0.39, 0.29) is 17.3 Å². The Bertz CT molecular complexity index is 758. The van der Waals surface area contributed by atoms with Crippen LogP contribution in [0.4, 0.5) is 0 Å². The number of phenols is 2. The Morgan fingerprint density at radius 3 is 2.42 bits per heavy atom. The van der Waals surface area contributed by atoms with Crippen molar-refractivity contribution in [3.63, 3.8) is 0 Å². The van der Waals surface area contributed by atoms with Gasteiger partial charge in [0.2, 0.25) is 0 Å². The van der Waals surface area contributed by atoms with E-state index in [2.05, 4.69) is 0 Å². The topological polar surface area (TPSA) is 66.8 Å². The number of phenolic OH excluding ortho intramolecular Hbond substituents is 2. The second-order valence-corrected chi connectivity index (χ2v) is 5.69. The third kappa shape index (κ3) is 3.96. The Morgan fingerprint density at radius 1 is 1.12 bits per heavy atom. The summed E-state index contributed by atoms with van der Waals surface area (Å²) in [6.45, 7) is 6.27. The fourth-order valence-electron chi connectivity index (χ4n) is 2.42. The number of hydrogen-bond donors (Lipinski definition) is 2. The molecule has 0 aliphatic rings. The number of carbonyl (C=O) groups excluding carboxylic acids is 1. The van der Waals surface area contributed by atoms with Crippen molar-refractivity contribution in [3.8, 4) is 17.2 Å². The van der Waals surface area contributed by atoms with Gasteiger partial charge >= 0.3 is 0 Å². The Morgan fingerprint density at radius 2 is 1.79 bits per heavy atom. The van der Waals surface area contributed by atoms with E-state index in [1.54, 1.807) is 18.2 Å². The average Bonchev–Trinajstić information content (AvgIpc) is 2.56. The molecule has 0 saturated carbocycles. The summed E-state index contributed by atoms with van der Waals surface area (Å²) in [5, 5.41) is 19.6. The smallest absolute Gasteiger partial charge is 0.185 e. The summed E-state index contributed by atoms with van der Waals surface area (Å²) in [4.78, 5) is 12.2. The molecule has 2 rings (SSSR count). The van der Waals surface area contributed by atoms with Crippen molar-refractivity contribution in [1.29, 1.82) is 0 Å². The van der Waals surface area contributed by atoms with Crippen LogP contribution in [0.2, 0.25) is 0 Å². The van der Waals surface area contributed by atoms with Crippen LogP contribution in [-0.2, 0) is 0 Å². The maximum Gasteiger partial charge on any atom is 0.185 e. The normalized spacial score (nSPS) is 11.0. The molecule has 0 unspecified atom stereocenters. The van der Waals surface area contributed by atoms with Crippen molar-refractivity contribution >= 4 is 11.9 Å². The van der Waals surface area contributed by atoms with Gasteiger partial charge in [0, 0.05) is 5.56 Å². The van der Waals surface area contributed by atoms with Crippen molar-refractivity contribution in [2.45, 2.75) is 27.2 Å². The fraction of sp³-hybridized carbons (Fsp3) is 0.250. The molecular weight excluding hydrogens is 304 g/mol. The fourth-order valence-corrected chi connectivity index (χ4v) is 2.42. The Hall–Kier alpha value is -2.75. The highest BCUT2D eigenvalue weighted by molar-refractivity contribution is 6.07. The molecule has 0 spiro atoms. The summed E-state index contributed by atoms with van der Waals surface area (Å²) in [7, 11) is 0. The Kier molecular flexibility index (Phi) is 5.64. The third-order valence-corrected chi connectivity index (χ3v) is 3.67. The maximum atomic E-state index is 12.2. The highest BCUT2D eigenvalue weighted by atomic mass is 16.5. The van der Waals surface area contributed by atoms with Crippen LogP contribution in [0.1, 0.15) is 40.4 Å². The minimum absolute atomic E-state index is 0.109. The zero-order valence-electron chi connectivity index (χ0n) is 14.2. The molecule has 126 valence electrons. The molecule has 0 aliphatic carbocycles. The Balaban J connectivity index is 2.36. The second kappa shape index (κ2) is 7.68. The first-order valence-corrected chi connectivity index (χ1v) is 7.91. The quantitative estimate of drug-likeness (QED) is 0.610. The van der Waals surface area contributed by atoms with Crippen molar-refractivity contribution in [3.05, 3.63) is 58.7 Å². The molecule has 4 nitrogen and oxygen atoms in total. The summed E-state index contributed by atoms with van der Waals surface area (Å²) in [5.74, 6) is 0.601. The lowest BCUT2D eigenvalue weighted by Gasteiger charge is -2.15. The first kappa shape index (κ1) is 17.6.